The van der Waals surface area contributed by atoms with Crippen LogP contribution in [0.4, 0.5) is 14.6 Å². The van der Waals surface area contributed by atoms with Crippen molar-refractivity contribution in [1.29, 1.82) is 5.26 Å². The van der Waals surface area contributed by atoms with Gasteiger partial charge in [-0.2, -0.15) is 14.0 Å². The standard InChI is InChI=1S/C19H19ClF2N4O/c20-17-15(10-23)14-6-8-26(11-13-4-2-1-3-5-13)12-16(14)18(25-17)24-7-9-27-19(21)22/h1-5,19H,6-9,11-12H2,(H,24,25). The Morgan fingerprint density at radius 2 is 2.07 bits per heavy atom. The SMILES string of the molecule is N#Cc1c(Cl)nc(NCCOC(F)F)c2c1CCN(Cc1ccccc1)C2. The number of nitrogens with zero attached hydrogens (tertiary/aromatic N) is 3. The predicted octanol–water partition coefficient (Wildman–Crippen LogP) is 3.82. The number of aromatic nitrogens is 1. The third kappa shape index (κ3) is 4.92. The smallest absolute Gasteiger partial charge is 0.345 e. The lowest BCUT2D eigenvalue weighted by Crippen LogP contribution is -2.32. The Kier molecular flexibility index (Phi) is 6.56. The van der Waals surface area contributed by atoms with Gasteiger partial charge in [-0.1, -0.05) is 41.9 Å². The first-order valence-electron chi connectivity index (χ1n) is 8.59. The highest BCUT2D eigenvalue weighted by Crippen LogP contribution is 2.32. The highest BCUT2D eigenvalue weighted by Gasteiger charge is 2.25. The number of nitrogens with one attached hydrogen (secondary N) is 1. The molecule has 2 heterocycles. The van der Waals surface area contributed by atoms with Gasteiger partial charge >= 0.3 is 6.61 Å². The number of rotatable bonds is 7. The van der Waals surface area contributed by atoms with E-state index in [0.717, 1.165) is 24.2 Å². The van der Waals surface area contributed by atoms with Gasteiger partial charge in [-0.3, -0.25) is 4.90 Å². The summed E-state index contributed by atoms with van der Waals surface area (Å²) >= 11 is 6.16. The van der Waals surface area contributed by atoms with Crippen LogP contribution in [0.2, 0.25) is 5.15 Å². The van der Waals surface area contributed by atoms with E-state index in [0.29, 0.717) is 24.3 Å². The predicted molar refractivity (Wildman–Crippen MR) is 98.7 cm³/mol. The van der Waals surface area contributed by atoms with Crippen LogP contribution < -0.4 is 5.32 Å². The number of anilines is 1. The van der Waals surface area contributed by atoms with Crippen molar-refractivity contribution in [2.24, 2.45) is 0 Å². The van der Waals surface area contributed by atoms with Crippen LogP contribution in [0, 0.1) is 11.3 Å². The Morgan fingerprint density at radius 3 is 2.78 bits per heavy atom. The lowest BCUT2D eigenvalue weighted by Gasteiger charge is -2.31. The molecule has 0 aliphatic carbocycles. The van der Waals surface area contributed by atoms with Gasteiger partial charge in [0.2, 0.25) is 0 Å². The van der Waals surface area contributed by atoms with Gasteiger partial charge in [0.25, 0.3) is 0 Å². The van der Waals surface area contributed by atoms with Crippen LogP contribution in [0.1, 0.15) is 22.3 Å². The summed E-state index contributed by atoms with van der Waals surface area (Å²) in [5.41, 5.74) is 3.35. The number of hydrogen-bond acceptors (Lipinski definition) is 5. The summed E-state index contributed by atoms with van der Waals surface area (Å²) in [6.07, 6.45) is 0.676. The molecule has 0 spiro atoms. The monoisotopic (exact) mass is 392 g/mol. The summed E-state index contributed by atoms with van der Waals surface area (Å²) in [6.45, 7) is -0.617. The molecule has 0 atom stereocenters. The van der Waals surface area contributed by atoms with Crippen LogP contribution in [0.15, 0.2) is 30.3 Å². The van der Waals surface area contributed by atoms with E-state index in [1.165, 1.54) is 5.56 Å². The average Bonchev–Trinajstić information content (AvgIpc) is 2.66. The Labute approximate surface area is 161 Å². The second-order valence-corrected chi connectivity index (χ2v) is 6.56. The van der Waals surface area contributed by atoms with Crippen molar-refractivity contribution < 1.29 is 13.5 Å². The van der Waals surface area contributed by atoms with E-state index in [9.17, 15) is 14.0 Å². The summed E-state index contributed by atoms with van der Waals surface area (Å²) in [6, 6.07) is 12.2. The van der Waals surface area contributed by atoms with E-state index in [2.05, 4.69) is 38.1 Å². The van der Waals surface area contributed by atoms with Crippen LogP contribution >= 0.6 is 11.6 Å². The quantitative estimate of drug-likeness (QED) is 0.573. The third-order valence-electron chi connectivity index (χ3n) is 4.43. The van der Waals surface area contributed by atoms with Crippen molar-refractivity contribution in [2.75, 3.05) is 25.0 Å². The molecular formula is C19H19ClF2N4O. The van der Waals surface area contributed by atoms with Crippen LogP contribution in [0.3, 0.4) is 0 Å². The normalized spacial score (nSPS) is 14.0. The zero-order valence-corrected chi connectivity index (χ0v) is 15.3. The molecule has 0 amide bonds. The van der Waals surface area contributed by atoms with Gasteiger partial charge in [-0.05, 0) is 17.5 Å². The van der Waals surface area contributed by atoms with E-state index < -0.39 is 6.61 Å². The number of ether oxygens (including phenoxy) is 1. The largest absolute Gasteiger partial charge is 0.367 e. The minimum absolute atomic E-state index is 0.130. The zero-order valence-electron chi connectivity index (χ0n) is 14.6. The molecule has 5 nitrogen and oxygen atoms in total. The van der Waals surface area contributed by atoms with Gasteiger partial charge < -0.3 is 10.1 Å². The van der Waals surface area contributed by atoms with Crippen molar-refractivity contribution >= 4 is 17.4 Å². The van der Waals surface area contributed by atoms with Gasteiger partial charge in [0, 0.05) is 31.7 Å². The number of halogens is 3. The molecule has 0 bridgehead atoms. The first-order valence-corrected chi connectivity index (χ1v) is 8.97. The van der Waals surface area contributed by atoms with Gasteiger partial charge in [0.15, 0.2) is 0 Å². The first-order chi connectivity index (χ1) is 13.1. The molecule has 0 fully saturated rings. The second kappa shape index (κ2) is 9.09. The summed E-state index contributed by atoms with van der Waals surface area (Å²) < 4.78 is 28.5. The van der Waals surface area contributed by atoms with E-state index in [1.54, 1.807) is 0 Å². The molecule has 1 aromatic carbocycles. The molecule has 0 radical (unpaired) electrons. The van der Waals surface area contributed by atoms with Gasteiger partial charge in [0.05, 0.1) is 12.2 Å². The van der Waals surface area contributed by atoms with Gasteiger partial charge in [-0.25, -0.2) is 4.98 Å². The molecule has 3 rings (SSSR count). The molecule has 0 saturated carbocycles. The molecule has 0 saturated heterocycles. The van der Waals surface area contributed by atoms with E-state index in [-0.39, 0.29) is 18.3 Å². The molecule has 142 valence electrons. The van der Waals surface area contributed by atoms with Crippen molar-refractivity contribution in [3.05, 3.63) is 57.7 Å². The fraction of sp³-hybridized carbons (Fsp3) is 0.368. The van der Waals surface area contributed by atoms with Crippen LogP contribution in [0.5, 0.6) is 0 Å². The molecule has 8 heteroatoms. The Balaban J connectivity index is 1.79. The first kappa shape index (κ1) is 19.5. The van der Waals surface area contributed by atoms with Crippen LogP contribution in [-0.4, -0.2) is 36.2 Å². The maximum Gasteiger partial charge on any atom is 0.345 e. The average molecular weight is 393 g/mol. The summed E-state index contributed by atoms with van der Waals surface area (Å²) in [4.78, 5) is 6.54. The Morgan fingerprint density at radius 1 is 1.30 bits per heavy atom. The van der Waals surface area contributed by atoms with Crippen molar-refractivity contribution in [1.82, 2.24) is 9.88 Å². The zero-order chi connectivity index (χ0) is 19.2. The number of pyridine rings is 1. The van der Waals surface area contributed by atoms with Crippen molar-refractivity contribution in [3.8, 4) is 6.07 Å². The molecular weight excluding hydrogens is 374 g/mol. The van der Waals surface area contributed by atoms with E-state index in [1.807, 2.05) is 18.2 Å². The fourth-order valence-corrected chi connectivity index (χ4v) is 3.45. The fourth-order valence-electron chi connectivity index (χ4n) is 3.21. The second-order valence-electron chi connectivity index (χ2n) is 6.20. The Bertz CT molecular complexity index is 827. The van der Waals surface area contributed by atoms with Crippen molar-refractivity contribution in [3.63, 3.8) is 0 Å². The number of alkyl halides is 2. The highest BCUT2D eigenvalue weighted by molar-refractivity contribution is 6.30. The molecule has 2 aromatic rings. The highest BCUT2D eigenvalue weighted by atomic mass is 35.5. The van der Waals surface area contributed by atoms with Gasteiger partial charge in [0.1, 0.15) is 17.0 Å². The number of fused-ring (bicyclic) bond motifs is 1. The van der Waals surface area contributed by atoms with E-state index in [4.69, 9.17) is 11.6 Å². The van der Waals surface area contributed by atoms with Crippen LogP contribution in [-0.2, 0) is 24.2 Å². The van der Waals surface area contributed by atoms with Crippen LogP contribution in [0.25, 0.3) is 0 Å². The minimum atomic E-state index is -2.81. The summed E-state index contributed by atoms with van der Waals surface area (Å²) in [7, 11) is 0. The topological polar surface area (TPSA) is 61.2 Å². The maximum atomic E-state index is 12.1. The van der Waals surface area contributed by atoms with Gasteiger partial charge in [-0.15, -0.1) is 0 Å². The van der Waals surface area contributed by atoms with E-state index >= 15 is 0 Å². The minimum Gasteiger partial charge on any atom is -0.367 e. The summed E-state index contributed by atoms with van der Waals surface area (Å²) in [5.74, 6) is 0.518. The summed E-state index contributed by atoms with van der Waals surface area (Å²) in [5, 5.41) is 12.6. The number of benzene rings is 1. The molecule has 1 N–H and O–H groups in total. The molecule has 1 aliphatic heterocycles. The molecule has 1 aliphatic rings. The van der Waals surface area contributed by atoms with Crippen molar-refractivity contribution in [2.45, 2.75) is 26.1 Å². The maximum absolute atomic E-state index is 12.1. The third-order valence-corrected chi connectivity index (χ3v) is 4.70. The molecule has 1 aromatic heterocycles. The lowest BCUT2D eigenvalue weighted by atomic mass is 9.96. The number of nitriles is 1. The number of hydrogen-bond donors (Lipinski definition) is 1. The molecule has 0 unspecified atom stereocenters. The Hall–Kier alpha value is -2.27. The lowest BCUT2D eigenvalue weighted by molar-refractivity contribution is -0.125. The molecule has 27 heavy (non-hydrogen) atoms.